The summed E-state index contributed by atoms with van der Waals surface area (Å²) in [5.41, 5.74) is 0.702. The number of imide groups is 1. The number of urea groups is 1. The monoisotopic (exact) mass is 335 g/mol. The van der Waals surface area contributed by atoms with Gasteiger partial charge in [-0.1, -0.05) is 0 Å². The molecule has 1 heterocycles. The minimum absolute atomic E-state index is 0.258. The quantitative estimate of drug-likeness (QED) is 0.612. The minimum atomic E-state index is -0.449. The predicted molar refractivity (Wildman–Crippen MR) is 92.3 cm³/mol. The molecule has 0 aromatic heterocycles. The molecule has 132 valence electrons. The molecule has 1 fully saturated rings. The van der Waals surface area contributed by atoms with Crippen LogP contribution in [-0.2, 0) is 4.79 Å². The molecule has 3 amide bonds. The van der Waals surface area contributed by atoms with Gasteiger partial charge in [-0.15, -0.1) is 0 Å². The van der Waals surface area contributed by atoms with E-state index in [1.165, 1.54) is 0 Å². The fourth-order valence-corrected chi connectivity index (χ4v) is 2.69. The summed E-state index contributed by atoms with van der Waals surface area (Å²) in [6.45, 7) is 9.22. The van der Waals surface area contributed by atoms with E-state index >= 15 is 0 Å². The molecule has 2 rings (SSSR count). The second kappa shape index (κ2) is 7.53. The first kappa shape index (κ1) is 18.1. The van der Waals surface area contributed by atoms with Crippen LogP contribution in [0.3, 0.4) is 0 Å². The Kier molecular flexibility index (Phi) is 5.66. The third-order valence-electron chi connectivity index (χ3n) is 3.84. The lowest BCUT2D eigenvalue weighted by Gasteiger charge is -2.33. The van der Waals surface area contributed by atoms with Crippen LogP contribution in [0.5, 0.6) is 5.75 Å². The molecule has 7 heteroatoms. The molecule has 4 N–H and O–H groups in total. The number of nitrogens with zero attached hydrogens (tertiary/aromatic N) is 1. The number of carbonyl (C=O) groups excluding carboxylic acids is 2. The Bertz CT molecular complexity index is 572. The highest BCUT2D eigenvalue weighted by Gasteiger charge is 2.23. The molecular formula is C17H27N4O3+. The molecule has 0 saturated carbocycles. The lowest BCUT2D eigenvalue weighted by Crippen LogP contribution is -3.16. The third kappa shape index (κ3) is 5.73. The highest BCUT2D eigenvalue weighted by Crippen LogP contribution is 2.17. The van der Waals surface area contributed by atoms with Gasteiger partial charge in [0.05, 0.1) is 26.2 Å². The molecule has 0 aliphatic carbocycles. The molecule has 0 spiro atoms. The van der Waals surface area contributed by atoms with Crippen molar-refractivity contribution in [1.82, 2.24) is 10.6 Å². The zero-order valence-electron chi connectivity index (χ0n) is 14.6. The van der Waals surface area contributed by atoms with E-state index in [1.807, 2.05) is 32.9 Å². The predicted octanol–water partition coefficient (Wildman–Crippen LogP) is -0.279. The molecule has 1 aromatic rings. The summed E-state index contributed by atoms with van der Waals surface area (Å²) in [6, 6.07) is 6.69. The fourth-order valence-electron chi connectivity index (χ4n) is 2.69. The van der Waals surface area contributed by atoms with Gasteiger partial charge in [0.25, 0.3) is 5.91 Å². The lowest BCUT2D eigenvalue weighted by molar-refractivity contribution is -0.892. The maximum atomic E-state index is 12.0. The Hall–Kier alpha value is -2.28. The zero-order valence-corrected chi connectivity index (χ0v) is 14.6. The molecule has 1 aromatic carbocycles. The Morgan fingerprint density at radius 2 is 1.75 bits per heavy atom. The van der Waals surface area contributed by atoms with Gasteiger partial charge in [-0.05, 0) is 45.0 Å². The van der Waals surface area contributed by atoms with Crippen molar-refractivity contribution < 1.29 is 19.6 Å². The average molecular weight is 335 g/mol. The van der Waals surface area contributed by atoms with E-state index in [0.29, 0.717) is 6.54 Å². The van der Waals surface area contributed by atoms with Crippen molar-refractivity contribution in [1.29, 1.82) is 0 Å². The van der Waals surface area contributed by atoms with E-state index in [9.17, 15) is 14.7 Å². The number of aromatic hydroxyl groups is 1. The first-order chi connectivity index (χ1) is 11.2. The number of phenolic OH excluding ortho intramolecular Hbond substituents is 1. The summed E-state index contributed by atoms with van der Waals surface area (Å²) < 4.78 is 0. The van der Waals surface area contributed by atoms with E-state index in [1.54, 1.807) is 12.1 Å². The summed E-state index contributed by atoms with van der Waals surface area (Å²) in [5, 5.41) is 14.4. The summed E-state index contributed by atoms with van der Waals surface area (Å²) in [6.07, 6.45) is 0. The SMILES string of the molecule is CC(C)(C)NC(=O)NC(=O)C[NH+]1CCN(c2ccc(O)cc2)CC1. The van der Waals surface area contributed by atoms with Crippen LogP contribution < -0.4 is 20.4 Å². The largest absolute Gasteiger partial charge is 0.508 e. The normalized spacial score (nSPS) is 15.9. The zero-order chi connectivity index (χ0) is 17.7. The van der Waals surface area contributed by atoms with Gasteiger partial charge in [-0.3, -0.25) is 10.1 Å². The highest BCUT2D eigenvalue weighted by atomic mass is 16.3. The van der Waals surface area contributed by atoms with Crippen molar-refractivity contribution in [2.45, 2.75) is 26.3 Å². The summed E-state index contributed by atoms with van der Waals surface area (Å²) in [7, 11) is 0. The number of nitrogens with one attached hydrogen (secondary N) is 3. The van der Waals surface area contributed by atoms with Crippen molar-refractivity contribution in [2.75, 3.05) is 37.6 Å². The first-order valence-corrected chi connectivity index (χ1v) is 8.22. The van der Waals surface area contributed by atoms with E-state index in [-0.39, 0.29) is 17.2 Å². The van der Waals surface area contributed by atoms with Crippen LogP contribution in [0.4, 0.5) is 10.5 Å². The molecule has 24 heavy (non-hydrogen) atoms. The smallest absolute Gasteiger partial charge is 0.322 e. The van der Waals surface area contributed by atoms with Crippen molar-refractivity contribution in [3.05, 3.63) is 24.3 Å². The number of quaternary nitrogens is 1. The number of hydrogen-bond acceptors (Lipinski definition) is 4. The van der Waals surface area contributed by atoms with E-state index in [4.69, 9.17) is 0 Å². The molecule has 1 saturated heterocycles. The maximum Gasteiger partial charge on any atom is 0.322 e. The van der Waals surface area contributed by atoms with Crippen molar-refractivity contribution >= 4 is 17.6 Å². The summed E-state index contributed by atoms with van der Waals surface area (Å²) in [4.78, 5) is 27.0. The van der Waals surface area contributed by atoms with Gasteiger partial charge >= 0.3 is 6.03 Å². The average Bonchev–Trinajstić information content (AvgIpc) is 2.46. The Morgan fingerprint density at radius 1 is 1.17 bits per heavy atom. The van der Waals surface area contributed by atoms with E-state index in [2.05, 4.69) is 15.5 Å². The molecule has 0 radical (unpaired) electrons. The van der Waals surface area contributed by atoms with Gasteiger partial charge in [0.15, 0.2) is 6.54 Å². The number of carbonyl (C=O) groups is 2. The number of hydrogen-bond donors (Lipinski definition) is 4. The Labute approximate surface area is 142 Å². The molecule has 7 nitrogen and oxygen atoms in total. The van der Waals surface area contributed by atoms with Crippen molar-refractivity contribution in [3.8, 4) is 5.75 Å². The van der Waals surface area contributed by atoms with Crippen LogP contribution in [0, 0.1) is 0 Å². The number of anilines is 1. The number of benzene rings is 1. The van der Waals surface area contributed by atoms with E-state index in [0.717, 1.165) is 36.8 Å². The van der Waals surface area contributed by atoms with Gasteiger partial charge in [-0.25, -0.2) is 4.79 Å². The van der Waals surface area contributed by atoms with Crippen molar-refractivity contribution in [2.24, 2.45) is 0 Å². The van der Waals surface area contributed by atoms with Crippen molar-refractivity contribution in [3.63, 3.8) is 0 Å². The highest BCUT2D eigenvalue weighted by molar-refractivity contribution is 5.94. The number of amides is 3. The first-order valence-electron chi connectivity index (χ1n) is 8.22. The van der Waals surface area contributed by atoms with Crippen LogP contribution in [0.2, 0.25) is 0 Å². The molecule has 1 aliphatic heterocycles. The van der Waals surface area contributed by atoms with Gasteiger partial charge in [0.1, 0.15) is 5.75 Å². The lowest BCUT2D eigenvalue weighted by atomic mass is 10.1. The third-order valence-corrected chi connectivity index (χ3v) is 3.84. The summed E-state index contributed by atoms with van der Waals surface area (Å²) in [5.74, 6) is -0.00181. The van der Waals surface area contributed by atoms with Gasteiger partial charge in [-0.2, -0.15) is 0 Å². The topological polar surface area (TPSA) is 86.1 Å². The molecule has 0 bridgehead atoms. The summed E-state index contributed by atoms with van der Waals surface area (Å²) >= 11 is 0. The van der Waals surface area contributed by atoms with Crippen LogP contribution in [0.1, 0.15) is 20.8 Å². The van der Waals surface area contributed by atoms with Gasteiger partial charge < -0.3 is 20.2 Å². The Morgan fingerprint density at radius 3 is 2.29 bits per heavy atom. The number of phenols is 1. The van der Waals surface area contributed by atoms with Crippen LogP contribution in [0.25, 0.3) is 0 Å². The second-order valence-electron chi connectivity index (χ2n) is 7.18. The Balaban J connectivity index is 1.75. The van der Waals surface area contributed by atoms with Crippen LogP contribution in [-0.4, -0.2) is 55.3 Å². The van der Waals surface area contributed by atoms with Gasteiger partial charge in [0, 0.05) is 11.2 Å². The molecule has 0 unspecified atom stereocenters. The number of rotatable bonds is 3. The van der Waals surface area contributed by atoms with Gasteiger partial charge in [0.2, 0.25) is 0 Å². The fraction of sp³-hybridized carbons (Fsp3) is 0.529. The standard InChI is InChI=1S/C17H26N4O3/c1-17(2,3)19-16(24)18-15(23)12-20-8-10-21(11-9-20)13-4-6-14(22)7-5-13/h4-7,22H,8-12H2,1-3H3,(H2,18,19,23,24)/p+1. The van der Waals surface area contributed by atoms with Crippen LogP contribution >= 0.6 is 0 Å². The van der Waals surface area contributed by atoms with Crippen LogP contribution in [0.15, 0.2) is 24.3 Å². The van der Waals surface area contributed by atoms with E-state index < -0.39 is 6.03 Å². The molecule has 1 aliphatic rings. The molecule has 0 atom stereocenters. The number of piperazine rings is 1. The maximum absolute atomic E-state index is 12.0. The second-order valence-corrected chi connectivity index (χ2v) is 7.18. The molecular weight excluding hydrogens is 308 g/mol. The minimum Gasteiger partial charge on any atom is -0.508 e.